The van der Waals surface area contributed by atoms with Gasteiger partial charge in [-0.05, 0) is 31.9 Å². The number of anilines is 1. The van der Waals surface area contributed by atoms with Crippen LogP contribution in [0.4, 0.5) is 5.69 Å². The summed E-state index contributed by atoms with van der Waals surface area (Å²) in [4.78, 5) is 34.4. The van der Waals surface area contributed by atoms with Crippen molar-refractivity contribution in [2.75, 3.05) is 18.0 Å². The highest BCUT2D eigenvalue weighted by Gasteiger charge is 2.32. The fourth-order valence-corrected chi connectivity index (χ4v) is 4.01. The zero-order valence-corrected chi connectivity index (χ0v) is 15.0. The summed E-state index contributed by atoms with van der Waals surface area (Å²) < 4.78 is 0. The molecule has 2 amide bonds. The number of carbonyl (C=O) groups is 2. The normalized spacial score (nSPS) is 22.3. The van der Waals surface area contributed by atoms with E-state index >= 15 is 0 Å². The van der Waals surface area contributed by atoms with Crippen LogP contribution in [0.3, 0.4) is 0 Å². The second-order valence-electron chi connectivity index (χ2n) is 7.34. The maximum absolute atomic E-state index is 12.6. The summed E-state index contributed by atoms with van der Waals surface area (Å²) in [7, 11) is 0. The number of amides is 2. The fourth-order valence-electron chi connectivity index (χ4n) is 4.01. The van der Waals surface area contributed by atoms with Gasteiger partial charge in [0.05, 0.1) is 5.69 Å². The van der Waals surface area contributed by atoms with Gasteiger partial charge in [-0.25, -0.2) is 4.98 Å². The minimum atomic E-state index is -0.00955. The van der Waals surface area contributed by atoms with E-state index in [1.54, 1.807) is 0 Å². The Bertz CT molecular complexity index is 814. The number of benzene rings is 1. The molecule has 2 atom stereocenters. The first kappa shape index (κ1) is 16.8. The molecule has 0 unspecified atom stereocenters. The van der Waals surface area contributed by atoms with E-state index in [0.29, 0.717) is 19.5 Å². The molecule has 1 aliphatic heterocycles. The Morgan fingerprint density at radius 1 is 1.31 bits per heavy atom. The van der Waals surface area contributed by atoms with Crippen molar-refractivity contribution in [3.8, 4) is 0 Å². The third-order valence-electron chi connectivity index (χ3n) is 5.37. The van der Waals surface area contributed by atoms with Gasteiger partial charge in [-0.3, -0.25) is 9.59 Å². The van der Waals surface area contributed by atoms with Crippen LogP contribution in [-0.2, 0) is 22.4 Å². The third-order valence-corrected chi connectivity index (χ3v) is 5.37. The monoisotopic (exact) mass is 352 g/mol. The van der Waals surface area contributed by atoms with Gasteiger partial charge < -0.3 is 15.2 Å². The van der Waals surface area contributed by atoms with Crippen molar-refractivity contribution in [3.05, 3.63) is 47.5 Å². The maximum Gasteiger partial charge on any atom is 0.227 e. The summed E-state index contributed by atoms with van der Waals surface area (Å²) in [6, 6.07) is 9.71. The predicted octanol–water partition coefficient (Wildman–Crippen LogP) is 1.99. The smallest absolute Gasteiger partial charge is 0.227 e. The summed E-state index contributed by atoms with van der Waals surface area (Å²) in [5, 5.41) is 3.07. The molecule has 2 heterocycles. The van der Waals surface area contributed by atoms with Crippen molar-refractivity contribution in [3.63, 3.8) is 0 Å². The van der Waals surface area contributed by atoms with Crippen molar-refractivity contribution in [2.45, 2.75) is 32.6 Å². The number of rotatable bonds is 4. The number of para-hydroxylation sites is 1. The van der Waals surface area contributed by atoms with E-state index in [-0.39, 0.29) is 23.7 Å². The number of aromatic nitrogens is 2. The van der Waals surface area contributed by atoms with E-state index in [0.717, 1.165) is 42.2 Å². The second-order valence-corrected chi connectivity index (χ2v) is 7.34. The van der Waals surface area contributed by atoms with Gasteiger partial charge in [0.1, 0.15) is 5.82 Å². The first-order valence-electron chi connectivity index (χ1n) is 9.27. The highest BCUT2D eigenvalue weighted by atomic mass is 16.2. The molecule has 1 saturated heterocycles. The lowest BCUT2D eigenvalue weighted by atomic mass is 9.89. The maximum atomic E-state index is 12.6. The molecule has 6 heteroatoms. The molecule has 4 rings (SSSR count). The van der Waals surface area contributed by atoms with Gasteiger partial charge >= 0.3 is 0 Å². The molecule has 26 heavy (non-hydrogen) atoms. The number of aryl methyl sites for hydroxylation is 2. The Hall–Kier alpha value is -2.63. The molecule has 1 aromatic heterocycles. The largest absolute Gasteiger partial charge is 0.355 e. The van der Waals surface area contributed by atoms with E-state index in [4.69, 9.17) is 0 Å². The van der Waals surface area contributed by atoms with Crippen molar-refractivity contribution >= 4 is 17.5 Å². The number of aromatic amines is 1. The predicted molar refractivity (Wildman–Crippen MR) is 98.8 cm³/mol. The topological polar surface area (TPSA) is 78.1 Å². The van der Waals surface area contributed by atoms with E-state index in [2.05, 4.69) is 15.3 Å². The molecule has 1 aliphatic carbocycles. The van der Waals surface area contributed by atoms with Crippen LogP contribution < -0.4 is 10.2 Å². The summed E-state index contributed by atoms with van der Waals surface area (Å²) in [6.45, 7) is 3.17. The van der Waals surface area contributed by atoms with Crippen LogP contribution in [0.25, 0.3) is 0 Å². The number of fused-ring (bicyclic) bond motifs is 1. The zero-order chi connectivity index (χ0) is 18.1. The standard InChI is InChI=1S/C20H24N4O2/c1-13-22-17-8-7-15(10-18(17)23-13)20(26)21-11-14-9-19(25)24(12-14)16-5-3-2-4-6-16/h2-6,14-15H,7-12H2,1H3,(H,21,26)(H,22,23)/t14-,15-/m1/s1. The molecule has 0 bridgehead atoms. The Labute approximate surface area is 153 Å². The first-order valence-corrected chi connectivity index (χ1v) is 9.27. The molecule has 2 N–H and O–H groups in total. The molecule has 136 valence electrons. The lowest BCUT2D eigenvalue weighted by molar-refractivity contribution is -0.125. The Morgan fingerprint density at radius 3 is 2.92 bits per heavy atom. The lowest BCUT2D eigenvalue weighted by Crippen LogP contribution is -2.37. The van der Waals surface area contributed by atoms with Crippen LogP contribution in [0.2, 0.25) is 0 Å². The number of hydrogen-bond acceptors (Lipinski definition) is 3. The number of nitrogens with one attached hydrogen (secondary N) is 2. The molecule has 1 fully saturated rings. The molecule has 0 saturated carbocycles. The van der Waals surface area contributed by atoms with Crippen LogP contribution >= 0.6 is 0 Å². The van der Waals surface area contributed by atoms with Crippen LogP contribution in [0, 0.1) is 18.8 Å². The third kappa shape index (κ3) is 3.36. The SMILES string of the molecule is Cc1nc2c([nH]1)C[C@H](C(=O)NC[C@H]1CC(=O)N(c3ccccc3)C1)CC2. The van der Waals surface area contributed by atoms with Crippen molar-refractivity contribution in [1.29, 1.82) is 0 Å². The molecule has 1 aromatic carbocycles. The van der Waals surface area contributed by atoms with Gasteiger partial charge in [-0.1, -0.05) is 18.2 Å². The minimum absolute atomic E-state index is 0.00955. The Balaban J connectivity index is 1.31. The number of hydrogen-bond donors (Lipinski definition) is 2. The van der Waals surface area contributed by atoms with E-state index < -0.39 is 0 Å². The van der Waals surface area contributed by atoms with Gasteiger partial charge in [0.25, 0.3) is 0 Å². The van der Waals surface area contributed by atoms with Gasteiger partial charge in [0.2, 0.25) is 11.8 Å². The molecule has 2 aliphatic rings. The Morgan fingerprint density at radius 2 is 2.12 bits per heavy atom. The summed E-state index contributed by atoms with van der Waals surface area (Å²) >= 11 is 0. The summed E-state index contributed by atoms with van der Waals surface area (Å²) in [5.41, 5.74) is 3.13. The minimum Gasteiger partial charge on any atom is -0.355 e. The van der Waals surface area contributed by atoms with Crippen LogP contribution in [-0.4, -0.2) is 34.9 Å². The number of carbonyl (C=O) groups excluding carboxylic acids is 2. The Kier molecular flexibility index (Phi) is 4.49. The summed E-state index contributed by atoms with van der Waals surface area (Å²) in [5.74, 6) is 1.30. The lowest BCUT2D eigenvalue weighted by Gasteiger charge is -2.21. The van der Waals surface area contributed by atoms with E-state index in [1.165, 1.54) is 0 Å². The van der Waals surface area contributed by atoms with Crippen molar-refractivity contribution in [1.82, 2.24) is 15.3 Å². The molecular weight excluding hydrogens is 328 g/mol. The second kappa shape index (κ2) is 6.94. The molecule has 0 spiro atoms. The average molecular weight is 352 g/mol. The molecular formula is C20H24N4O2. The zero-order valence-electron chi connectivity index (χ0n) is 15.0. The van der Waals surface area contributed by atoms with Gasteiger partial charge in [0, 0.05) is 49.1 Å². The fraction of sp³-hybridized carbons (Fsp3) is 0.450. The van der Waals surface area contributed by atoms with Crippen LogP contribution in [0.5, 0.6) is 0 Å². The first-order chi connectivity index (χ1) is 12.6. The van der Waals surface area contributed by atoms with E-state index in [9.17, 15) is 9.59 Å². The molecule has 0 radical (unpaired) electrons. The number of imidazole rings is 1. The van der Waals surface area contributed by atoms with E-state index in [1.807, 2.05) is 42.2 Å². The summed E-state index contributed by atoms with van der Waals surface area (Å²) in [6.07, 6.45) is 2.90. The highest BCUT2D eigenvalue weighted by molar-refractivity contribution is 5.95. The quantitative estimate of drug-likeness (QED) is 0.883. The van der Waals surface area contributed by atoms with Crippen molar-refractivity contribution < 1.29 is 9.59 Å². The van der Waals surface area contributed by atoms with Gasteiger partial charge in [0.15, 0.2) is 0 Å². The molecule has 2 aromatic rings. The molecule has 6 nitrogen and oxygen atoms in total. The number of nitrogens with zero attached hydrogens (tertiary/aromatic N) is 2. The highest BCUT2D eigenvalue weighted by Crippen LogP contribution is 2.26. The van der Waals surface area contributed by atoms with Crippen LogP contribution in [0.15, 0.2) is 30.3 Å². The average Bonchev–Trinajstić information content (AvgIpc) is 3.21. The van der Waals surface area contributed by atoms with Crippen molar-refractivity contribution in [2.24, 2.45) is 11.8 Å². The number of H-pyrrole nitrogens is 1. The van der Waals surface area contributed by atoms with Gasteiger partial charge in [-0.2, -0.15) is 0 Å². The van der Waals surface area contributed by atoms with Crippen LogP contribution in [0.1, 0.15) is 30.1 Å². The van der Waals surface area contributed by atoms with Gasteiger partial charge in [-0.15, -0.1) is 0 Å².